The van der Waals surface area contributed by atoms with Crippen molar-refractivity contribution < 1.29 is 0 Å². The largest absolute Gasteiger partial charge is 0.257 e. The maximum atomic E-state index is 4.34. The molecule has 0 atom stereocenters. The number of hydrogen-bond donors (Lipinski definition) is 0. The first-order valence-corrected chi connectivity index (χ1v) is 14.1. The van der Waals surface area contributed by atoms with Crippen molar-refractivity contribution >= 4 is 35.6 Å². The lowest BCUT2D eigenvalue weighted by molar-refractivity contribution is 0.800. The van der Waals surface area contributed by atoms with Crippen LogP contribution in [0.25, 0.3) is 24.3 Å². The highest BCUT2D eigenvalue weighted by molar-refractivity contribution is 7.13. The predicted octanol–water partition coefficient (Wildman–Crippen LogP) is 10.2. The summed E-state index contributed by atoms with van der Waals surface area (Å²) in [6.45, 7) is 4.49. The average Bonchev–Trinajstić information content (AvgIpc) is 3.38. The van der Waals surface area contributed by atoms with Crippen LogP contribution < -0.4 is 0 Å². The molecule has 37 heavy (non-hydrogen) atoms. The van der Waals surface area contributed by atoms with Crippen LogP contribution in [-0.4, -0.2) is 9.97 Å². The van der Waals surface area contributed by atoms with E-state index in [1.54, 1.807) is 0 Å². The molecular formula is C34H38N2S. The van der Waals surface area contributed by atoms with Gasteiger partial charge in [-0.15, -0.1) is 11.3 Å². The van der Waals surface area contributed by atoms with Crippen molar-refractivity contribution in [2.24, 2.45) is 0 Å². The molecule has 0 N–H and O–H groups in total. The molecule has 0 aromatic carbocycles. The zero-order valence-corrected chi connectivity index (χ0v) is 22.9. The van der Waals surface area contributed by atoms with Gasteiger partial charge in [-0.3, -0.25) is 9.97 Å². The zero-order chi connectivity index (χ0) is 26.0. The number of rotatable bonds is 14. The summed E-state index contributed by atoms with van der Waals surface area (Å²) < 4.78 is 0. The van der Waals surface area contributed by atoms with E-state index in [9.17, 15) is 0 Å². The van der Waals surface area contributed by atoms with E-state index in [-0.39, 0.29) is 0 Å². The Hall–Kier alpha value is -3.56. The smallest absolute Gasteiger partial charge is 0.0629 e. The minimum atomic E-state index is 0.973. The first-order valence-electron chi connectivity index (χ1n) is 13.3. The number of allylic oxidation sites excluding steroid dienone is 8. The van der Waals surface area contributed by atoms with Crippen LogP contribution in [-0.2, 0) is 0 Å². The lowest BCUT2D eigenvalue weighted by Crippen LogP contribution is -1.80. The molecule has 3 heteroatoms. The van der Waals surface area contributed by atoms with Gasteiger partial charge in [-0.05, 0) is 97.5 Å². The van der Waals surface area contributed by atoms with Crippen molar-refractivity contribution in [1.29, 1.82) is 0 Å². The Labute approximate surface area is 227 Å². The van der Waals surface area contributed by atoms with Crippen LogP contribution in [0.3, 0.4) is 0 Å². The van der Waals surface area contributed by atoms with E-state index < -0.39 is 0 Å². The van der Waals surface area contributed by atoms with Crippen molar-refractivity contribution in [3.05, 3.63) is 130 Å². The van der Waals surface area contributed by atoms with Gasteiger partial charge in [0.1, 0.15) is 0 Å². The van der Waals surface area contributed by atoms with Crippen molar-refractivity contribution in [3.8, 4) is 0 Å². The second-order valence-electron chi connectivity index (χ2n) is 8.83. The molecule has 0 bridgehead atoms. The molecule has 0 fully saturated rings. The van der Waals surface area contributed by atoms with Crippen molar-refractivity contribution in [3.63, 3.8) is 0 Å². The Morgan fingerprint density at radius 2 is 1.14 bits per heavy atom. The number of unbranched alkanes of at least 4 members (excludes halogenated alkanes) is 2. The third-order valence-electron chi connectivity index (χ3n) is 5.69. The molecule has 3 rings (SSSR count). The molecule has 0 radical (unpaired) electrons. The summed E-state index contributed by atoms with van der Waals surface area (Å²) in [6, 6.07) is 16.4. The fraction of sp³-hybridized carbons (Fsp3) is 0.235. The van der Waals surface area contributed by atoms with Crippen LogP contribution in [0.1, 0.15) is 73.5 Å². The van der Waals surface area contributed by atoms with E-state index in [1.165, 1.54) is 46.6 Å². The van der Waals surface area contributed by atoms with E-state index in [0.717, 1.165) is 24.2 Å². The van der Waals surface area contributed by atoms with Crippen molar-refractivity contribution in [2.45, 2.75) is 52.4 Å². The Morgan fingerprint density at radius 3 is 1.54 bits per heavy atom. The Bertz CT molecular complexity index is 1130. The first-order chi connectivity index (χ1) is 18.3. The molecular weight excluding hydrogens is 468 g/mol. The SMILES string of the molecule is CCCCC(/C=C/C=C/c1ccccn1)=C\c1ccc(/C=C(/C=C/C=C/c2ccccn2)CCCC)s1. The molecule has 0 spiro atoms. The number of hydrogen-bond acceptors (Lipinski definition) is 3. The predicted molar refractivity (Wildman–Crippen MR) is 164 cm³/mol. The summed E-state index contributed by atoms with van der Waals surface area (Å²) in [4.78, 5) is 11.3. The summed E-state index contributed by atoms with van der Waals surface area (Å²) >= 11 is 1.85. The number of aromatic nitrogens is 2. The molecule has 3 heterocycles. The topological polar surface area (TPSA) is 25.8 Å². The molecule has 0 aliphatic heterocycles. The Kier molecular flexibility index (Phi) is 12.9. The minimum Gasteiger partial charge on any atom is -0.257 e. The molecule has 3 aromatic rings. The van der Waals surface area contributed by atoms with Crippen LogP contribution in [0.4, 0.5) is 0 Å². The van der Waals surface area contributed by atoms with Crippen LogP contribution in [0, 0.1) is 0 Å². The summed E-state index contributed by atoms with van der Waals surface area (Å²) in [7, 11) is 0. The molecule has 190 valence electrons. The highest BCUT2D eigenvalue weighted by atomic mass is 32.1. The number of thiophene rings is 1. The summed E-state index contributed by atoms with van der Waals surface area (Å²) in [5, 5.41) is 0. The van der Waals surface area contributed by atoms with Gasteiger partial charge in [0, 0.05) is 22.1 Å². The lowest BCUT2D eigenvalue weighted by Gasteiger charge is -2.01. The highest BCUT2D eigenvalue weighted by Gasteiger charge is 2.00. The van der Waals surface area contributed by atoms with Crippen LogP contribution in [0.5, 0.6) is 0 Å². The molecule has 3 aromatic heterocycles. The van der Waals surface area contributed by atoms with E-state index in [2.05, 4.69) is 84.6 Å². The molecule has 2 nitrogen and oxygen atoms in total. The standard InChI is InChI=1S/C34H38N2S/c1-3-5-15-29(17-7-9-19-31-21-11-13-25-35-31)27-33-23-24-34(37-33)28-30(16-6-4-2)18-8-10-20-32-22-12-14-26-36-32/h7-14,17-28H,3-6,15-16H2,1-2H3/b17-7+,18-8+,19-9+,20-10+,29-27+,30-28+. The maximum absolute atomic E-state index is 4.34. The van der Waals surface area contributed by atoms with Gasteiger partial charge in [0.05, 0.1) is 11.4 Å². The molecule has 0 amide bonds. The van der Waals surface area contributed by atoms with E-state index >= 15 is 0 Å². The van der Waals surface area contributed by atoms with E-state index in [0.29, 0.717) is 0 Å². The van der Waals surface area contributed by atoms with Gasteiger partial charge < -0.3 is 0 Å². The van der Waals surface area contributed by atoms with Gasteiger partial charge in [-0.25, -0.2) is 0 Å². The van der Waals surface area contributed by atoms with E-state index in [1.807, 2.05) is 72.3 Å². The summed E-state index contributed by atoms with van der Waals surface area (Å²) in [5.41, 5.74) is 4.66. The van der Waals surface area contributed by atoms with Gasteiger partial charge >= 0.3 is 0 Å². The molecule has 0 unspecified atom stereocenters. The second-order valence-corrected chi connectivity index (χ2v) is 9.98. The monoisotopic (exact) mass is 506 g/mol. The number of nitrogens with zero attached hydrogens (tertiary/aromatic N) is 2. The molecule has 0 aliphatic carbocycles. The van der Waals surface area contributed by atoms with Gasteiger partial charge in [0.25, 0.3) is 0 Å². The molecule has 0 aliphatic rings. The van der Waals surface area contributed by atoms with Crippen molar-refractivity contribution in [1.82, 2.24) is 9.97 Å². The average molecular weight is 507 g/mol. The quantitative estimate of drug-likeness (QED) is 0.203. The normalized spacial score (nSPS) is 13.1. The molecule has 0 saturated heterocycles. The number of pyridine rings is 2. The van der Waals surface area contributed by atoms with Crippen LogP contribution >= 0.6 is 11.3 Å². The fourth-order valence-corrected chi connectivity index (χ4v) is 4.64. The molecule has 0 saturated carbocycles. The maximum Gasteiger partial charge on any atom is 0.0629 e. The summed E-state index contributed by atoms with van der Waals surface area (Å²) in [5.74, 6) is 0. The van der Waals surface area contributed by atoms with Crippen LogP contribution in [0.15, 0.2) is 109 Å². The van der Waals surface area contributed by atoms with Crippen LogP contribution in [0.2, 0.25) is 0 Å². The lowest BCUT2D eigenvalue weighted by atomic mass is 10.1. The Balaban J connectivity index is 1.70. The van der Waals surface area contributed by atoms with Gasteiger partial charge in [-0.1, -0.05) is 75.3 Å². The van der Waals surface area contributed by atoms with Gasteiger partial charge in [-0.2, -0.15) is 0 Å². The Morgan fingerprint density at radius 1 is 0.649 bits per heavy atom. The zero-order valence-electron chi connectivity index (χ0n) is 22.1. The van der Waals surface area contributed by atoms with Crippen molar-refractivity contribution in [2.75, 3.05) is 0 Å². The first kappa shape index (κ1) is 28.0. The van der Waals surface area contributed by atoms with Gasteiger partial charge in [0.2, 0.25) is 0 Å². The van der Waals surface area contributed by atoms with Gasteiger partial charge in [0.15, 0.2) is 0 Å². The third kappa shape index (κ3) is 11.4. The third-order valence-corrected chi connectivity index (χ3v) is 6.67. The van der Waals surface area contributed by atoms with E-state index in [4.69, 9.17) is 0 Å². The fourth-order valence-electron chi connectivity index (χ4n) is 3.67. The summed E-state index contributed by atoms with van der Waals surface area (Å²) in [6.07, 6.45) is 32.2. The highest BCUT2D eigenvalue weighted by Crippen LogP contribution is 2.25. The second kappa shape index (κ2) is 17.0. The minimum absolute atomic E-state index is 0.973.